The highest BCUT2D eigenvalue weighted by Gasteiger charge is 1.98. The zero-order valence-corrected chi connectivity index (χ0v) is 16.0. The molecule has 0 bridgehead atoms. The number of carboxylic acids is 1. The minimum absolute atomic E-state index is 0.164. The smallest absolute Gasteiger partial charge is 0.303 e. The van der Waals surface area contributed by atoms with Crippen LogP contribution in [0.25, 0.3) is 0 Å². The molecule has 2 N–H and O–H groups in total. The van der Waals surface area contributed by atoms with Gasteiger partial charge in [0.2, 0.25) is 0 Å². The SMILES string of the molecule is C/C=C\COCc1ccccc1.CO.O=C(O)CCCc1ccc(F)cc1. The molecule has 2 rings (SSSR count). The van der Waals surface area contributed by atoms with Crippen molar-refractivity contribution < 1.29 is 24.1 Å². The fourth-order valence-corrected chi connectivity index (χ4v) is 2.01. The van der Waals surface area contributed by atoms with Crippen molar-refractivity contribution in [2.75, 3.05) is 13.7 Å². The van der Waals surface area contributed by atoms with Crippen LogP contribution in [0.15, 0.2) is 66.7 Å². The van der Waals surface area contributed by atoms with Crippen LogP contribution in [0.1, 0.15) is 30.9 Å². The van der Waals surface area contributed by atoms with E-state index in [0.717, 1.165) is 12.7 Å². The van der Waals surface area contributed by atoms with E-state index in [9.17, 15) is 9.18 Å². The fraction of sp³-hybridized carbons (Fsp3) is 0.318. The molecule has 0 saturated carbocycles. The second-order valence-electron chi connectivity index (χ2n) is 5.44. The van der Waals surface area contributed by atoms with E-state index in [1.54, 1.807) is 12.1 Å². The van der Waals surface area contributed by atoms with Gasteiger partial charge in [-0.3, -0.25) is 4.79 Å². The first-order chi connectivity index (χ1) is 13.1. The monoisotopic (exact) mass is 376 g/mol. The highest BCUT2D eigenvalue weighted by molar-refractivity contribution is 5.66. The molecule has 0 aliphatic rings. The molecule has 2 aromatic carbocycles. The number of ether oxygens (including phenoxy) is 1. The summed E-state index contributed by atoms with van der Waals surface area (Å²) >= 11 is 0. The van der Waals surface area contributed by atoms with Crippen LogP contribution in [0.4, 0.5) is 4.39 Å². The van der Waals surface area contributed by atoms with E-state index in [2.05, 4.69) is 12.1 Å². The van der Waals surface area contributed by atoms with Gasteiger partial charge in [-0.25, -0.2) is 4.39 Å². The number of carboxylic acid groups (broad SMARTS) is 1. The van der Waals surface area contributed by atoms with Gasteiger partial charge in [-0.05, 0) is 43.0 Å². The molecule has 0 atom stereocenters. The molecule has 5 heteroatoms. The number of hydrogen-bond acceptors (Lipinski definition) is 3. The second kappa shape index (κ2) is 16.9. The molecular weight excluding hydrogens is 347 g/mol. The van der Waals surface area contributed by atoms with Crippen LogP contribution in [0.5, 0.6) is 0 Å². The first-order valence-electron chi connectivity index (χ1n) is 8.75. The number of carbonyl (C=O) groups is 1. The third-order valence-electron chi connectivity index (χ3n) is 3.33. The Morgan fingerprint density at radius 1 is 1.04 bits per heavy atom. The molecule has 4 nitrogen and oxygen atoms in total. The summed E-state index contributed by atoms with van der Waals surface area (Å²) in [4.78, 5) is 10.2. The van der Waals surface area contributed by atoms with E-state index in [1.165, 1.54) is 17.7 Å². The van der Waals surface area contributed by atoms with Gasteiger partial charge in [0.1, 0.15) is 5.82 Å². The maximum Gasteiger partial charge on any atom is 0.303 e. The molecule has 27 heavy (non-hydrogen) atoms. The summed E-state index contributed by atoms with van der Waals surface area (Å²) in [6, 6.07) is 16.3. The van der Waals surface area contributed by atoms with Crippen LogP contribution >= 0.6 is 0 Å². The molecule has 0 amide bonds. The number of aryl methyl sites for hydroxylation is 1. The summed E-state index contributed by atoms with van der Waals surface area (Å²) in [6.07, 6.45) is 5.44. The predicted molar refractivity (Wildman–Crippen MR) is 106 cm³/mol. The molecule has 0 heterocycles. The Labute approximate surface area is 160 Å². The van der Waals surface area contributed by atoms with Gasteiger partial charge in [0.25, 0.3) is 0 Å². The van der Waals surface area contributed by atoms with Gasteiger partial charge in [-0.2, -0.15) is 0 Å². The number of aliphatic hydroxyl groups excluding tert-OH is 1. The van der Waals surface area contributed by atoms with Crippen molar-refractivity contribution in [3.63, 3.8) is 0 Å². The number of aliphatic hydroxyl groups is 1. The molecule has 0 saturated heterocycles. The average molecular weight is 376 g/mol. The van der Waals surface area contributed by atoms with Gasteiger partial charge in [0.15, 0.2) is 0 Å². The average Bonchev–Trinajstić information content (AvgIpc) is 2.69. The number of halogens is 1. The predicted octanol–water partition coefficient (Wildman–Crippen LogP) is 4.62. The number of allylic oxidation sites excluding steroid dienone is 1. The lowest BCUT2D eigenvalue weighted by atomic mass is 10.1. The molecule has 0 unspecified atom stereocenters. The van der Waals surface area contributed by atoms with E-state index >= 15 is 0 Å². The van der Waals surface area contributed by atoms with Crippen molar-refractivity contribution in [1.82, 2.24) is 0 Å². The first kappa shape index (κ1) is 24.5. The van der Waals surface area contributed by atoms with Crippen LogP contribution in [0.2, 0.25) is 0 Å². The van der Waals surface area contributed by atoms with Crippen molar-refractivity contribution in [1.29, 1.82) is 0 Å². The normalized spacial score (nSPS) is 9.78. The van der Waals surface area contributed by atoms with Gasteiger partial charge in [-0.15, -0.1) is 0 Å². The van der Waals surface area contributed by atoms with E-state index in [4.69, 9.17) is 14.9 Å². The van der Waals surface area contributed by atoms with Gasteiger partial charge in [0.05, 0.1) is 13.2 Å². The summed E-state index contributed by atoms with van der Waals surface area (Å²) in [7, 11) is 1.00. The molecule has 2 aromatic rings. The number of aliphatic carboxylic acids is 1. The lowest BCUT2D eigenvalue weighted by Gasteiger charge is -1.99. The number of rotatable bonds is 8. The minimum Gasteiger partial charge on any atom is -0.481 e. The number of benzene rings is 2. The van der Waals surface area contributed by atoms with Crippen LogP contribution in [0.3, 0.4) is 0 Å². The zero-order valence-electron chi connectivity index (χ0n) is 16.0. The van der Waals surface area contributed by atoms with E-state index in [-0.39, 0.29) is 12.2 Å². The van der Waals surface area contributed by atoms with Gasteiger partial charge >= 0.3 is 5.97 Å². The van der Waals surface area contributed by atoms with Crippen molar-refractivity contribution in [3.8, 4) is 0 Å². The number of hydrogen-bond donors (Lipinski definition) is 2. The highest BCUT2D eigenvalue weighted by Crippen LogP contribution is 2.06. The Morgan fingerprint density at radius 3 is 2.22 bits per heavy atom. The summed E-state index contributed by atoms with van der Waals surface area (Å²) in [5.74, 6) is -1.05. The van der Waals surface area contributed by atoms with Crippen molar-refractivity contribution >= 4 is 5.97 Å². The Kier molecular flexibility index (Phi) is 15.4. The van der Waals surface area contributed by atoms with Gasteiger partial charge in [0, 0.05) is 13.5 Å². The third-order valence-corrected chi connectivity index (χ3v) is 3.33. The van der Waals surface area contributed by atoms with Gasteiger partial charge in [-0.1, -0.05) is 54.6 Å². The largest absolute Gasteiger partial charge is 0.481 e. The summed E-state index contributed by atoms with van der Waals surface area (Å²) in [6.45, 7) is 3.39. The molecule has 0 fully saturated rings. The molecule has 0 aliphatic carbocycles. The van der Waals surface area contributed by atoms with Crippen molar-refractivity contribution in [3.05, 3.63) is 83.7 Å². The van der Waals surface area contributed by atoms with E-state index in [1.807, 2.05) is 37.3 Å². The Morgan fingerprint density at radius 2 is 1.67 bits per heavy atom. The van der Waals surface area contributed by atoms with E-state index < -0.39 is 5.97 Å². The molecule has 0 radical (unpaired) electrons. The fourth-order valence-electron chi connectivity index (χ4n) is 2.01. The summed E-state index contributed by atoms with van der Waals surface area (Å²) < 4.78 is 17.8. The Hall–Kier alpha value is -2.50. The van der Waals surface area contributed by atoms with Crippen molar-refractivity contribution in [2.45, 2.75) is 32.8 Å². The lowest BCUT2D eigenvalue weighted by Crippen LogP contribution is -1.95. The summed E-state index contributed by atoms with van der Waals surface area (Å²) in [5.41, 5.74) is 2.20. The van der Waals surface area contributed by atoms with Crippen molar-refractivity contribution in [2.24, 2.45) is 0 Å². The first-order valence-corrected chi connectivity index (χ1v) is 8.75. The van der Waals surface area contributed by atoms with Crippen LogP contribution in [-0.4, -0.2) is 29.9 Å². The zero-order chi connectivity index (χ0) is 20.3. The standard InChI is InChI=1S/C11H14O.C10H11FO2.CH4O/c1-2-3-9-12-10-11-7-5-4-6-8-11;11-9-6-4-8(5-7-9)2-1-3-10(12)13;1-2/h2-8H,9-10H2,1H3;4-7H,1-3H2,(H,12,13);2H,1H3/b3-2-;;. The van der Waals surface area contributed by atoms with E-state index in [0.29, 0.717) is 26.1 Å². The van der Waals surface area contributed by atoms with Crippen LogP contribution in [-0.2, 0) is 22.6 Å². The quantitative estimate of drug-likeness (QED) is 0.521. The molecule has 0 aliphatic heterocycles. The third kappa shape index (κ3) is 14.4. The minimum atomic E-state index is -0.790. The second-order valence-corrected chi connectivity index (χ2v) is 5.44. The lowest BCUT2D eigenvalue weighted by molar-refractivity contribution is -0.137. The van der Waals surface area contributed by atoms with Crippen LogP contribution < -0.4 is 0 Å². The highest BCUT2D eigenvalue weighted by atomic mass is 19.1. The topological polar surface area (TPSA) is 66.8 Å². The molecule has 148 valence electrons. The Bertz CT molecular complexity index is 625. The molecule has 0 spiro atoms. The van der Waals surface area contributed by atoms with Crippen LogP contribution in [0, 0.1) is 5.82 Å². The maximum atomic E-state index is 12.4. The Balaban J connectivity index is 0.000000460. The molecule has 0 aromatic heterocycles. The summed E-state index contributed by atoms with van der Waals surface area (Å²) in [5, 5.41) is 15.4. The van der Waals surface area contributed by atoms with Gasteiger partial charge < -0.3 is 14.9 Å². The molecular formula is C22H29FO4. The maximum absolute atomic E-state index is 12.4.